The molecule has 92 valence electrons. The molecule has 0 aromatic carbocycles. The van der Waals surface area contributed by atoms with Gasteiger partial charge in [-0.2, -0.15) is 9.36 Å². The Morgan fingerprint density at radius 3 is 3.00 bits per heavy atom. The Morgan fingerprint density at radius 2 is 2.22 bits per heavy atom. The molecule has 0 aliphatic heterocycles. The Morgan fingerprint density at radius 1 is 1.33 bits per heavy atom. The number of hydrogen-bond acceptors (Lipinski definition) is 8. The van der Waals surface area contributed by atoms with Crippen molar-refractivity contribution < 1.29 is 4.52 Å². The van der Waals surface area contributed by atoms with Gasteiger partial charge in [0.1, 0.15) is 17.0 Å². The van der Waals surface area contributed by atoms with Gasteiger partial charge in [-0.3, -0.25) is 0 Å². The number of rotatable bonds is 3. The molecule has 0 radical (unpaired) electrons. The van der Waals surface area contributed by atoms with E-state index in [1.54, 1.807) is 6.92 Å². The first kappa shape index (κ1) is 11.0. The topological polar surface area (TPSA) is 89.6 Å². The summed E-state index contributed by atoms with van der Waals surface area (Å²) in [5.74, 6) is 1.89. The summed E-state index contributed by atoms with van der Waals surface area (Å²) >= 11 is 1.36. The van der Waals surface area contributed by atoms with Crippen LogP contribution in [0.1, 0.15) is 17.4 Å². The Bertz CT molecular complexity index is 691. The molecule has 1 N–H and O–H groups in total. The smallest absolute Gasteiger partial charge is 0.223 e. The van der Waals surface area contributed by atoms with Gasteiger partial charge >= 0.3 is 0 Å². The second-order valence-electron chi connectivity index (χ2n) is 3.75. The van der Waals surface area contributed by atoms with Gasteiger partial charge in [0.25, 0.3) is 0 Å². The molecule has 0 atom stereocenters. The van der Waals surface area contributed by atoms with E-state index >= 15 is 0 Å². The number of fused-ring (bicyclic) bond motifs is 1. The van der Waals surface area contributed by atoms with E-state index in [0.29, 0.717) is 18.3 Å². The lowest BCUT2D eigenvalue weighted by atomic mass is 10.3. The summed E-state index contributed by atoms with van der Waals surface area (Å²) in [6, 6.07) is 0. The summed E-state index contributed by atoms with van der Waals surface area (Å²) < 4.78 is 9.17. The minimum Gasteiger partial charge on any atom is -0.362 e. The van der Waals surface area contributed by atoms with E-state index in [2.05, 4.69) is 29.8 Å². The summed E-state index contributed by atoms with van der Waals surface area (Å²) in [7, 11) is 0. The number of anilines is 1. The van der Waals surface area contributed by atoms with Gasteiger partial charge in [0.2, 0.25) is 5.89 Å². The summed E-state index contributed by atoms with van der Waals surface area (Å²) in [5.41, 5.74) is 0.919. The molecule has 8 heteroatoms. The van der Waals surface area contributed by atoms with Crippen LogP contribution in [-0.2, 0) is 6.54 Å². The second-order valence-corrected chi connectivity index (χ2v) is 4.51. The first-order chi connectivity index (χ1) is 8.74. The molecule has 18 heavy (non-hydrogen) atoms. The van der Waals surface area contributed by atoms with Gasteiger partial charge in [-0.25, -0.2) is 9.97 Å². The molecule has 0 bridgehead atoms. The van der Waals surface area contributed by atoms with Gasteiger partial charge in [-0.15, -0.1) is 0 Å². The fourth-order valence-electron chi connectivity index (χ4n) is 1.63. The maximum Gasteiger partial charge on any atom is 0.223 e. The van der Waals surface area contributed by atoms with E-state index in [1.807, 2.05) is 6.92 Å². The van der Waals surface area contributed by atoms with Crippen LogP contribution in [0.25, 0.3) is 10.2 Å². The Balaban J connectivity index is 1.88. The number of aryl methyl sites for hydroxylation is 2. The third kappa shape index (κ3) is 1.90. The molecule has 0 unspecified atom stereocenters. The molecule has 0 spiro atoms. The highest BCUT2D eigenvalue weighted by atomic mass is 32.1. The molecule has 0 saturated carbocycles. The van der Waals surface area contributed by atoms with Crippen LogP contribution in [0.5, 0.6) is 0 Å². The van der Waals surface area contributed by atoms with Gasteiger partial charge in [0.05, 0.1) is 17.6 Å². The van der Waals surface area contributed by atoms with Gasteiger partial charge in [0.15, 0.2) is 5.82 Å². The molecule has 7 nitrogen and oxygen atoms in total. The molecule has 3 rings (SSSR count). The van der Waals surface area contributed by atoms with Crippen molar-refractivity contribution in [1.29, 1.82) is 0 Å². The lowest BCUT2D eigenvalue weighted by Gasteiger charge is -2.03. The summed E-state index contributed by atoms with van der Waals surface area (Å²) in [5, 5.41) is 7.94. The van der Waals surface area contributed by atoms with E-state index in [0.717, 1.165) is 21.7 Å². The zero-order valence-corrected chi connectivity index (χ0v) is 10.7. The third-order valence-corrected chi connectivity index (χ3v) is 3.27. The third-order valence-electron chi connectivity index (χ3n) is 2.43. The summed E-state index contributed by atoms with van der Waals surface area (Å²) in [6.45, 7) is 4.15. The van der Waals surface area contributed by atoms with Crippen LogP contribution >= 0.6 is 11.5 Å². The highest BCUT2D eigenvalue weighted by molar-refractivity contribution is 7.13. The highest BCUT2D eigenvalue weighted by Gasteiger charge is 2.10. The monoisotopic (exact) mass is 262 g/mol. The van der Waals surface area contributed by atoms with E-state index in [4.69, 9.17) is 4.52 Å². The quantitative estimate of drug-likeness (QED) is 0.768. The van der Waals surface area contributed by atoms with Crippen molar-refractivity contribution in [2.24, 2.45) is 0 Å². The van der Waals surface area contributed by atoms with Crippen LogP contribution in [-0.4, -0.2) is 24.5 Å². The van der Waals surface area contributed by atoms with Crippen molar-refractivity contribution in [3.05, 3.63) is 23.7 Å². The molecule has 0 aliphatic carbocycles. The minimum absolute atomic E-state index is 0.457. The molecule has 0 amide bonds. The van der Waals surface area contributed by atoms with Crippen molar-refractivity contribution in [3.8, 4) is 0 Å². The Labute approximate surface area is 106 Å². The van der Waals surface area contributed by atoms with E-state index in [1.165, 1.54) is 17.9 Å². The van der Waals surface area contributed by atoms with Crippen molar-refractivity contribution in [2.45, 2.75) is 20.4 Å². The van der Waals surface area contributed by atoms with E-state index in [-0.39, 0.29) is 0 Å². The predicted molar refractivity (Wildman–Crippen MR) is 66.3 cm³/mol. The SMILES string of the molecule is Cc1nc(CNc2ncnc3snc(C)c23)no1. The first-order valence-electron chi connectivity index (χ1n) is 5.34. The largest absolute Gasteiger partial charge is 0.362 e. The number of hydrogen-bond donors (Lipinski definition) is 1. The second kappa shape index (κ2) is 4.30. The summed E-state index contributed by atoms with van der Waals surface area (Å²) in [6.07, 6.45) is 1.52. The highest BCUT2D eigenvalue weighted by Crippen LogP contribution is 2.25. The zero-order chi connectivity index (χ0) is 12.5. The van der Waals surface area contributed by atoms with Gasteiger partial charge in [-0.05, 0) is 18.5 Å². The van der Waals surface area contributed by atoms with Crippen LogP contribution in [0.15, 0.2) is 10.9 Å². The van der Waals surface area contributed by atoms with Crippen LogP contribution in [0.3, 0.4) is 0 Å². The molecule has 3 heterocycles. The number of nitrogens with zero attached hydrogens (tertiary/aromatic N) is 5. The summed E-state index contributed by atoms with van der Waals surface area (Å²) in [4.78, 5) is 13.4. The fraction of sp³-hybridized carbons (Fsp3) is 0.300. The normalized spacial score (nSPS) is 11.0. The van der Waals surface area contributed by atoms with Crippen molar-refractivity contribution in [1.82, 2.24) is 24.5 Å². The molecular formula is C10H10N6OS. The van der Waals surface area contributed by atoms with Crippen LogP contribution in [0, 0.1) is 13.8 Å². The standard InChI is InChI=1S/C10H10N6OS/c1-5-8-9(12-4-13-10(8)18-16-5)11-3-7-14-6(2)17-15-7/h4H,3H2,1-2H3,(H,11,12,13). The lowest BCUT2D eigenvalue weighted by Crippen LogP contribution is -2.03. The molecular weight excluding hydrogens is 252 g/mol. The minimum atomic E-state index is 0.457. The Hall–Kier alpha value is -2.09. The van der Waals surface area contributed by atoms with Gasteiger partial charge in [0, 0.05) is 6.92 Å². The van der Waals surface area contributed by atoms with Crippen molar-refractivity contribution >= 4 is 27.6 Å². The first-order valence-corrected chi connectivity index (χ1v) is 6.11. The van der Waals surface area contributed by atoms with Crippen molar-refractivity contribution in [3.63, 3.8) is 0 Å². The van der Waals surface area contributed by atoms with Crippen LogP contribution in [0.4, 0.5) is 5.82 Å². The van der Waals surface area contributed by atoms with Crippen LogP contribution in [0.2, 0.25) is 0 Å². The number of aromatic nitrogens is 5. The van der Waals surface area contributed by atoms with Crippen LogP contribution < -0.4 is 5.32 Å². The average molecular weight is 262 g/mol. The number of nitrogens with one attached hydrogen (secondary N) is 1. The molecule has 3 aromatic rings. The molecule has 0 fully saturated rings. The fourth-order valence-corrected chi connectivity index (χ4v) is 2.38. The van der Waals surface area contributed by atoms with E-state index < -0.39 is 0 Å². The maximum atomic E-state index is 4.90. The lowest BCUT2D eigenvalue weighted by molar-refractivity contribution is 0.388. The average Bonchev–Trinajstić information content (AvgIpc) is 2.94. The zero-order valence-electron chi connectivity index (χ0n) is 9.84. The van der Waals surface area contributed by atoms with Gasteiger partial charge < -0.3 is 9.84 Å². The van der Waals surface area contributed by atoms with E-state index in [9.17, 15) is 0 Å². The Kier molecular flexibility index (Phi) is 2.63. The molecule has 3 aromatic heterocycles. The molecule has 0 saturated heterocycles. The molecule has 0 aliphatic rings. The maximum absolute atomic E-state index is 4.90. The predicted octanol–water partition coefficient (Wildman–Crippen LogP) is 1.70. The van der Waals surface area contributed by atoms with Crippen molar-refractivity contribution in [2.75, 3.05) is 5.32 Å². The van der Waals surface area contributed by atoms with Gasteiger partial charge in [-0.1, -0.05) is 5.16 Å².